The Morgan fingerprint density at radius 3 is 2.85 bits per heavy atom. The maximum atomic E-state index is 5.83. The summed E-state index contributed by atoms with van der Waals surface area (Å²) < 4.78 is 0. The van der Waals surface area contributed by atoms with Crippen LogP contribution in [0, 0.1) is 0 Å². The lowest BCUT2D eigenvalue weighted by atomic mass is 10.1. The zero-order valence-electron chi connectivity index (χ0n) is 7.63. The second-order valence-electron chi connectivity index (χ2n) is 3.47. The van der Waals surface area contributed by atoms with Gasteiger partial charge in [-0.05, 0) is 18.1 Å². The summed E-state index contributed by atoms with van der Waals surface area (Å²) in [5.74, 6) is 0.493. The fourth-order valence-corrected chi connectivity index (χ4v) is 1.49. The summed E-state index contributed by atoms with van der Waals surface area (Å²) in [6.07, 6.45) is 1.66. The Kier molecular flexibility index (Phi) is 2.00. The average Bonchev–Trinajstić information content (AvgIpc) is 2.46. The van der Waals surface area contributed by atoms with Crippen molar-refractivity contribution in [1.29, 1.82) is 0 Å². The molecule has 2 aromatic rings. The van der Waals surface area contributed by atoms with Crippen LogP contribution in [0.2, 0.25) is 5.02 Å². The van der Waals surface area contributed by atoms with E-state index in [0.29, 0.717) is 10.9 Å². The molecule has 0 saturated heterocycles. The molecular weight excluding hydrogens is 184 g/mol. The molecule has 2 rings (SSSR count). The number of halogens is 1. The van der Waals surface area contributed by atoms with E-state index in [9.17, 15) is 0 Å². The van der Waals surface area contributed by atoms with Crippen molar-refractivity contribution in [2.75, 3.05) is 0 Å². The van der Waals surface area contributed by atoms with Crippen LogP contribution in [-0.4, -0.2) is 9.97 Å². The Bertz CT molecular complexity index is 431. The van der Waals surface area contributed by atoms with E-state index in [1.807, 2.05) is 6.07 Å². The minimum atomic E-state index is 0.493. The Balaban J connectivity index is 2.62. The zero-order chi connectivity index (χ0) is 9.42. The molecule has 0 aliphatic rings. The predicted octanol–water partition coefficient (Wildman–Crippen LogP) is 3.34. The summed E-state index contributed by atoms with van der Waals surface area (Å²) in [6.45, 7) is 4.29. The second kappa shape index (κ2) is 3.04. The van der Waals surface area contributed by atoms with Gasteiger partial charge in [0.25, 0.3) is 0 Å². The van der Waals surface area contributed by atoms with Gasteiger partial charge in [-0.25, -0.2) is 4.98 Å². The summed E-state index contributed by atoms with van der Waals surface area (Å²) in [5, 5.41) is 1.76. The minimum absolute atomic E-state index is 0.493. The van der Waals surface area contributed by atoms with E-state index in [2.05, 4.69) is 29.9 Å². The van der Waals surface area contributed by atoms with Crippen molar-refractivity contribution in [2.45, 2.75) is 19.8 Å². The van der Waals surface area contributed by atoms with E-state index < -0.39 is 0 Å². The molecular formula is C10H11ClN2. The third-order valence-corrected chi connectivity index (χ3v) is 2.29. The van der Waals surface area contributed by atoms with Gasteiger partial charge in [-0.3, -0.25) is 0 Å². The maximum Gasteiger partial charge on any atom is 0.137 e. The van der Waals surface area contributed by atoms with Crippen LogP contribution in [0.25, 0.3) is 11.0 Å². The number of rotatable bonds is 1. The number of hydrogen-bond acceptors (Lipinski definition) is 1. The summed E-state index contributed by atoms with van der Waals surface area (Å²) >= 11 is 5.83. The molecule has 68 valence electrons. The van der Waals surface area contributed by atoms with Crippen LogP contribution in [0.3, 0.4) is 0 Å². The van der Waals surface area contributed by atoms with Crippen LogP contribution < -0.4 is 0 Å². The molecule has 2 nitrogen and oxygen atoms in total. The first-order valence-electron chi connectivity index (χ1n) is 4.31. The van der Waals surface area contributed by atoms with E-state index in [1.54, 1.807) is 6.20 Å². The number of aromatic amines is 1. The predicted molar refractivity (Wildman–Crippen MR) is 55.2 cm³/mol. The highest BCUT2D eigenvalue weighted by molar-refractivity contribution is 6.31. The zero-order valence-corrected chi connectivity index (χ0v) is 8.39. The Morgan fingerprint density at radius 1 is 1.38 bits per heavy atom. The van der Waals surface area contributed by atoms with Crippen molar-refractivity contribution < 1.29 is 0 Å². The molecule has 0 aromatic carbocycles. The summed E-state index contributed by atoms with van der Waals surface area (Å²) in [4.78, 5) is 7.45. The summed E-state index contributed by atoms with van der Waals surface area (Å²) in [5.41, 5.74) is 2.11. The molecule has 0 fully saturated rings. The molecule has 0 aliphatic carbocycles. The molecule has 0 radical (unpaired) electrons. The molecule has 0 saturated carbocycles. The maximum absolute atomic E-state index is 5.83. The number of fused-ring (bicyclic) bond motifs is 1. The third kappa shape index (κ3) is 1.54. The smallest absolute Gasteiger partial charge is 0.137 e. The van der Waals surface area contributed by atoms with Gasteiger partial charge in [0.15, 0.2) is 0 Å². The highest BCUT2D eigenvalue weighted by atomic mass is 35.5. The fraction of sp³-hybridized carbons (Fsp3) is 0.300. The second-order valence-corrected chi connectivity index (χ2v) is 3.91. The largest absolute Gasteiger partial charge is 0.343 e. The van der Waals surface area contributed by atoms with Gasteiger partial charge in [-0.15, -0.1) is 0 Å². The number of H-pyrrole nitrogens is 1. The van der Waals surface area contributed by atoms with Crippen LogP contribution in [0.4, 0.5) is 0 Å². The number of aromatic nitrogens is 2. The van der Waals surface area contributed by atoms with Crippen molar-refractivity contribution in [2.24, 2.45) is 0 Å². The summed E-state index contributed by atoms with van der Waals surface area (Å²) in [7, 11) is 0. The SMILES string of the molecule is CC(C)c1cc2cc(Cl)cnc2[nH]1. The highest BCUT2D eigenvalue weighted by Crippen LogP contribution is 2.21. The van der Waals surface area contributed by atoms with Crippen LogP contribution in [0.1, 0.15) is 25.5 Å². The first-order chi connectivity index (χ1) is 6.16. The van der Waals surface area contributed by atoms with Gasteiger partial charge in [-0.1, -0.05) is 25.4 Å². The highest BCUT2D eigenvalue weighted by Gasteiger charge is 2.04. The topological polar surface area (TPSA) is 28.7 Å². The first kappa shape index (κ1) is 8.57. The van der Waals surface area contributed by atoms with Crippen molar-refractivity contribution in [3.05, 3.63) is 29.0 Å². The number of pyridine rings is 1. The van der Waals surface area contributed by atoms with Crippen LogP contribution in [0.5, 0.6) is 0 Å². The van der Waals surface area contributed by atoms with Gasteiger partial charge in [-0.2, -0.15) is 0 Å². The lowest BCUT2D eigenvalue weighted by Crippen LogP contribution is -1.85. The molecule has 3 heteroatoms. The molecule has 2 aromatic heterocycles. The molecule has 0 atom stereocenters. The molecule has 2 heterocycles. The number of hydrogen-bond donors (Lipinski definition) is 1. The third-order valence-electron chi connectivity index (χ3n) is 2.08. The molecule has 0 unspecified atom stereocenters. The molecule has 0 amide bonds. The van der Waals surface area contributed by atoms with E-state index in [4.69, 9.17) is 11.6 Å². The van der Waals surface area contributed by atoms with Crippen molar-refractivity contribution >= 4 is 22.6 Å². The Labute approximate surface area is 81.9 Å². The van der Waals surface area contributed by atoms with E-state index >= 15 is 0 Å². The van der Waals surface area contributed by atoms with Gasteiger partial charge in [0, 0.05) is 17.3 Å². The van der Waals surface area contributed by atoms with Gasteiger partial charge in [0.1, 0.15) is 5.65 Å². The Hall–Kier alpha value is -1.02. The number of nitrogens with zero attached hydrogens (tertiary/aromatic N) is 1. The van der Waals surface area contributed by atoms with Crippen molar-refractivity contribution in [3.63, 3.8) is 0 Å². The normalized spacial score (nSPS) is 11.4. The molecule has 0 spiro atoms. The molecule has 1 N–H and O–H groups in total. The average molecular weight is 195 g/mol. The summed E-state index contributed by atoms with van der Waals surface area (Å²) in [6, 6.07) is 4.02. The quantitative estimate of drug-likeness (QED) is 0.741. The monoisotopic (exact) mass is 194 g/mol. The standard InChI is InChI=1S/C10H11ClN2/c1-6(2)9-4-7-3-8(11)5-12-10(7)13-9/h3-6H,1-2H3,(H,12,13). The van der Waals surface area contributed by atoms with Gasteiger partial charge in [0.05, 0.1) is 5.02 Å². The Morgan fingerprint density at radius 2 is 2.15 bits per heavy atom. The fourth-order valence-electron chi connectivity index (χ4n) is 1.32. The van der Waals surface area contributed by atoms with Crippen molar-refractivity contribution in [1.82, 2.24) is 9.97 Å². The van der Waals surface area contributed by atoms with Crippen LogP contribution in [0.15, 0.2) is 18.3 Å². The van der Waals surface area contributed by atoms with E-state index in [-0.39, 0.29) is 0 Å². The van der Waals surface area contributed by atoms with Crippen LogP contribution in [-0.2, 0) is 0 Å². The van der Waals surface area contributed by atoms with E-state index in [1.165, 1.54) is 5.69 Å². The van der Waals surface area contributed by atoms with Gasteiger partial charge in [0.2, 0.25) is 0 Å². The minimum Gasteiger partial charge on any atom is -0.343 e. The van der Waals surface area contributed by atoms with E-state index in [0.717, 1.165) is 11.0 Å². The molecule has 0 bridgehead atoms. The first-order valence-corrected chi connectivity index (χ1v) is 4.69. The molecule has 0 aliphatic heterocycles. The lowest BCUT2D eigenvalue weighted by molar-refractivity contribution is 0.835. The van der Waals surface area contributed by atoms with Crippen LogP contribution >= 0.6 is 11.6 Å². The lowest BCUT2D eigenvalue weighted by Gasteiger charge is -1.97. The van der Waals surface area contributed by atoms with Gasteiger partial charge >= 0.3 is 0 Å². The van der Waals surface area contributed by atoms with Gasteiger partial charge < -0.3 is 4.98 Å². The molecule has 13 heavy (non-hydrogen) atoms. The van der Waals surface area contributed by atoms with Crippen molar-refractivity contribution in [3.8, 4) is 0 Å². The number of nitrogens with one attached hydrogen (secondary N) is 1.